The lowest BCUT2D eigenvalue weighted by atomic mass is 10.0. The minimum absolute atomic E-state index is 0.0532. The first-order valence-electron chi connectivity index (χ1n) is 3.63. The fraction of sp³-hybridized carbons (Fsp3) is 0.714. The van der Waals surface area contributed by atoms with Crippen molar-refractivity contribution in [2.75, 3.05) is 0 Å². The van der Waals surface area contributed by atoms with E-state index in [1.54, 1.807) is 0 Å². The summed E-state index contributed by atoms with van der Waals surface area (Å²) in [6.07, 6.45) is -5.36. The van der Waals surface area contributed by atoms with Gasteiger partial charge in [0.1, 0.15) is 5.70 Å². The Morgan fingerprint density at radius 3 is 2.08 bits per heavy atom. The van der Waals surface area contributed by atoms with Crippen molar-refractivity contribution in [1.29, 1.82) is 0 Å². The largest absolute Gasteiger partial charge is 0.433 e. The second kappa shape index (κ2) is 2.62. The van der Waals surface area contributed by atoms with E-state index in [4.69, 9.17) is 5.21 Å². The van der Waals surface area contributed by atoms with Crippen molar-refractivity contribution in [2.45, 2.75) is 31.7 Å². The van der Waals surface area contributed by atoms with Crippen LogP contribution >= 0.6 is 0 Å². The third kappa shape index (κ3) is 1.51. The van der Waals surface area contributed by atoms with Crippen LogP contribution in [0.2, 0.25) is 0 Å². The third-order valence-electron chi connectivity index (χ3n) is 2.10. The Kier molecular flexibility index (Phi) is 2.08. The van der Waals surface area contributed by atoms with Crippen LogP contribution in [0.15, 0.2) is 11.8 Å². The Hall–Kier alpha value is -0.750. The zero-order chi connectivity index (χ0) is 10.4. The molecular weight excluding hydrogens is 187 g/mol. The highest BCUT2D eigenvalue weighted by atomic mass is 19.4. The Bertz CT molecular complexity index is 247. The van der Waals surface area contributed by atoms with Crippen LogP contribution in [0, 0.1) is 0 Å². The van der Waals surface area contributed by atoms with Gasteiger partial charge in [0, 0.05) is 0 Å². The molecule has 1 heterocycles. The van der Waals surface area contributed by atoms with Crippen molar-refractivity contribution in [3.8, 4) is 0 Å². The maximum absolute atomic E-state index is 12.1. The minimum atomic E-state index is -4.64. The molecule has 0 saturated heterocycles. The molecule has 0 aromatic carbocycles. The molecule has 1 aliphatic rings. The van der Waals surface area contributed by atoms with E-state index in [1.165, 1.54) is 13.8 Å². The lowest BCUT2D eigenvalue weighted by molar-refractivity contribution is -0.198. The van der Waals surface area contributed by atoms with E-state index in [1.807, 2.05) is 0 Å². The van der Waals surface area contributed by atoms with Crippen molar-refractivity contribution in [1.82, 2.24) is 5.06 Å². The molecule has 0 spiro atoms. The van der Waals surface area contributed by atoms with Gasteiger partial charge >= 0.3 is 6.18 Å². The van der Waals surface area contributed by atoms with Gasteiger partial charge in [0.15, 0.2) is 0 Å². The van der Waals surface area contributed by atoms with E-state index in [-0.39, 0.29) is 5.06 Å². The molecule has 0 aromatic rings. The Balaban J connectivity index is 3.00. The first-order chi connectivity index (χ1) is 5.67. The molecule has 1 unspecified atom stereocenters. The summed E-state index contributed by atoms with van der Waals surface area (Å²) < 4.78 is 36.4. The molecule has 0 fully saturated rings. The summed E-state index contributed by atoms with van der Waals surface area (Å²) >= 11 is 0. The summed E-state index contributed by atoms with van der Waals surface area (Å²) in [7, 11) is 0. The smallest absolute Gasteiger partial charge is 0.386 e. The van der Waals surface area contributed by atoms with Crippen LogP contribution in [-0.2, 0) is 0 Å². The molecule has 13 heavy (non-hydrogen) atoms. The van der Waals surface area contributed by atoms with Gasteiger partial charge < -0.3 is 5.11 Å². The Labute approximate surface area is 73.0 Å². The molecule has 76 valence electrons. The van der Waals surface area contributed by atoms with Gasteiger partial charge in [-0.05, 0) is 19.9 Å². The SMILES string of the molecule is CC1(C)C(O)C=C(C(F)(F)F)N1O. The number of hydrogen-bond donors (Lipinski definition) is 2. The number of rotatable bonds is 0. The summed E-state index contributed by atoms with van der Waals surface area (Å²) in [5, 5.41) is 18.3. The van der Waals surface area contributed by atoms with Crippen molar-refractivity contribution in [3.63, 3.8) is 0 Å². The fourth-order valence-corrected chi connectivity index (χ4v) is 1.07. The number of aliphatic hydroxyl groups excluding tert-OH is 1. The Morgan fingerprint density at radius 2 is 1.92 bits per heavy atom. The number of aliphatic hydroxyl groups is 1. The summed E-state index contributed by atoms with van der Waals surface area (Å²) in [5.74, 6) is 0. The molecule has 0 saturated carbocycles. The summed E-state index contributed by atoms with van der Waals surface area (Å²) in [6.45, 7) is 2.62. The number of nitrogens with zero attached hydrogens (tertiary/aromatic N) is 1. The third-order valence-corrected chi connectivity index (χ3v) is 2.10. The van der Waals surface area contributed by atoms with Gasteiger partial charge in [0.05, 0.1) is 11.6 Å². The molecular formula is C7H10F3NO2. The molecule has 3 nitrogen and oxygen atoms in total. The molecule has 1 rings (SSSR count). The van der Waals surface area contributed by atoms with E-state index >= 15 is 0 Å². The minimum Gasteiger partial charge on any atom is -0.386 e. The van der Waals surface area contributed by atoms with Crippen molar-refractivity contribution in [3.05, 3.63) is 11.8 Å². The molecule has 0 aliphatic carbocycles. The average Bonchev–Trinajstić information content (AvgIpc) is 2.12. The quantitative estimate of drug-likeness (QED) is 0.614. The van der Waals surface area contributed by atoms with Crippen LogP contribution in [0.25, 0.3) is 0 Å². The van der Waals surface area contributed by atoms with Crippen LogP contribution < -0.4 is 0 Å². The molecule has 0 amide bonds. The van der Waals surface area contributed by atoms with Gasteiger partial charge in [-0.1, -0.05) is 0 Å². The maximum Gasteiger partial charge on any atom is 0.433 e. The summed E-state index contributed by atoms with van der Waals surface area (Å²) in [4.78, 5) is 0. The van der Waals surface area contributed by atoms with E-state index in [0.29, 0.717) is 6.08 Å². The number of hydroxylamine groups is 2. The average molecular weight is 197 g/mol. The lowest BCUT2D eigenvalue weighted by Crippen LogP contribution is -2.45. The highest BCUT2D eigenvalue weighted by molar-refractivity contribution is 5.21. The zero-order valence-electron chi connectivity index (χ0n) is 7.13. The van der Waals surface area contributed by atoms with Crippen LogP contribution in [0.1, 0.15) is 13.8 Å². The predicted molar refractivity (Wildman–Crippen MR) is 37.8 cm³/mol. The first-order valence-corrected chi connectivity index (χ1v) is 3.63. The highest BCUT2D eigenvalue weighted by Crippen LogP contribution is 2.38. The van der Waals surface area contributed by atoms with E-state index in [0.717, 1.165) is 0 Å². The number of alkyl halides is 3. The molecule has 0 radical (unpaired) electrons. The molecule has 2 N–H and O–H groups in total. The topological polar surface area (TPSA) is 43.7 Å². The number of allylic oxidation sites excluding steroid dienone is 1. The van der Waals surface area contributed by atoms with Crippen LogP contribution in [-0.4, -0.2) is 33.2 Å². The fourth-order valence-electron chi connectivity index (χ4n) is 1.07. The van der Waals surface area contributed by atoms with Gasteiger partial charge in [-0.2, -0.15) is 13.2 Å². The number of hydrogen-bond acceptors (Lipinski definition) is 3. The summed E-state index contributed by atoms with van der Waals surface area (Å²) in [6, 6.07) is 0. The number of halogens is 3. The van der Waals surface area contributed by atoms with E-state index < -0.39 is 23.5 Å². The van der Waals surface area contributed by atoms with Gasteiger partial charge in [-0.15, -0.1) is 0 Å². The van der Waals surface area contributed by atoms with Crippen LogP contribution in [0.3, 0.4) is 0 Å². The lowest BCUT2D eigenvalue weighted by Gasteiger charge is -2.32. The molecule has 1 aliphatic heterocycles. The Morgan fingerprint density at radius 1 is 1.46 bits per heavy atom. The van der Waals surface area contributed by atoms with Crippen molar-refractivity contribution in [2.24, 2.45) is 0 Å². The normalized spacial score (nSPS) is 27.8. The zero-order valence-corrected chi connectivity index (χ0v) is 7.13. The van der Waals surface area contributed by atoms with Crippen molar-refractivity contribution >= 4 is 0 Å². The second-order valence-electron chi connectivity index (χ2n) is 3.46. The molecule has 6 heteroatoms. The van der Waals surface area contributed by atoms with Crippen molar-refractivity contribution < 1.29 is 23.5 Å². The standard InChI is InChI=1S/C7H10F3NO2/c1-6(2)5(12)3-4(11(6)13)7(8,9)10/h3,5,12-13H,1-2H3. The maximum atomic E-state index is 12.1. The molecule has 0 aromatic heterocycles. The van der Waals surface area contributed by atoms with Crippen LogP contribution in [0.5, 0.6) is 0 Å². The molecule has 1 atom stereocenters. The molecule has 0 bridgehead atoms. The van der Waals surface area contributed by atoms with E-state index in [9.17, 15) is 18.3 Å². The van der Waals surface area contributed by atoms with Crippen LogP contribution in [0.4, 0.5) is 13.2 Å². The van der Waals surface area contributed by atoms with E-state index in [2.05, 4.69) is 0 Å². The van der Waals surface area contributed by atoms with Gasteiger partial charge in [0.25, 0.3) is 0 Å². The van der Waals surface area contributed by atoms with Gasteiger partial charge in [-0.3, -0.25) is 5.21 Å². The second-order valence-corrected chi connectivity index (χ2v) is 3.46. The monoisotopic (exact) mass is 197 g/mol. The predicted octanol–water partition coefficient (Wildman–Crippen LogP) is 1.28. The van der Waals surface area contributed by atoms with Gasteiger partial charge in [-0.25, -0.2) is 5.06 Å². The highest BCUT2D eigenvalue weighted by Gasteiger charge is 2.50. The van der Waals surface area contributed by atoms with Gasteiger partial charge in [0.2, 0.25) is 0 Å². The summed E-state index contributed by atoms with van der Waals surface area (Å²) in [5.41, 5.74) is -2.55. The first kappa shape index (κ1) is 10.3.